The molecule has 100 valence electrons. The van der Waals surface area contributed by atoms with Gasteiger partial charge in [-0.15, -0.1) is 0 Å². The summed E-state index contributed by atoms with van der Waals surface area (Å²) in [6.45, 7) is 13.6. The molecule has 0 spiro atoms. The summed E-state index contributed by atoms with van der Waals surface area (Å²) in [4.78, 5) is 2.66. The van der Waals surface area contributed by atoms with Crippen LogP contribution in [0.5, 0.6) is 0 Å². The molecule has 0 radical (unpaired) electrons. The fourth-order valence-electron chi connectivity index (χ4n) is 3.11. The molecule has 3 atom stereocenters. The van der Waals surface area contributed by atoms with Crippen molar-refractivity contribution in [3.8, 4) is 0 Å². The number of ether oxygens (including phenoxy) is 1. The molecule has 0 aromatic rings. The largest absolute Gasteiger partial charge is 0.377 e. The smallest absolute Gasteiger partial charge is 0.0728 e. The number of nitrogens with zero attached hydrogens (tertiary/aromatic N) is 1. The van der Waals surface area contributed by atoms with Crippen LogP contribution in [-0.2, 0) is 4.74 Å². The maximum atomic E-state index is 5.76. The zero-order valence-corrected chi connectivity index (χ0v) is 11.8. The van der Waals surface area contributed by atoms with Crippen molar-refractivity contribution in [2.24, 2.45) is 5.92 Å². The Morgan fingerprint density at radius 3 is 2.82 bits per heavy atom. The second kappa shape index (κ2) is 5.25. The van der Waals surface area contributed by atoms with Crippen LogP contribution in [0.4, 0.5) is 0 Å². The zero-order valence-electron chi connectivity index (χ0n) is 11.8. The molecule has 3 nitrogen and oxygen atoms in total. The van der Waals surface area contributed by atoms with Gasteiger partial charge in [-0.1, -0.05) is 13.8 Å². The predicted octanol–water partition coefficient (Wildman–Crippen LogP) is 1.87. The van der Waals surface area contributed by atoms with Gasteiger partial charge in [0.25, 0.3) is 0 Å². The Morgan fingerprint density at radius 2 is 2.24 bits per heavy atom. The van der Waals surface area contributed by atoms with Crippen LogP contribution in [0.1, 0.15) is 40.5 Å². The molecule has 2 aliphatic heterocycles. The van der Waals surface area contributed by atoms with Crippen LogP contribution < -0.4 is 5.32 Å². The summed E-state index contributed by atoms with van der Waals surface area (Å²) < 4.78 is 5.76. The molecule has 0 aliphatic carbocycles. The second-order valence-corrected chi connectivity index (χ2v) is 6.28. The Kier molecular flexibility index (Phi) is 4.11. The maximum absolute atomic E-state index is 5.76. The first-order valence-electron chi connectivity index (χ1n) is 7.12. The summed E-state index contributed by atoms with van der Waals surface area (Å²) >= 11 is 0. The molecule has 0 saturated carbocycles. The number of rotatable bonds is 4. The number of likely N-dealkylation sites (tertiary alicyclic amines) is 1. The molecular formula is C14H28N2O. The summed E-state index contributed by atoms with van der Waals surface area (Å²) in [5.41, 5.74) is 0.284. The van der Waals surface area contributed by atoms with Crippen molar-refractivity contribution in [3.63, 3.8) is 0 Å². The second-order valence-electron chi connectivity index (χ2n) is 6.28. The van der Waals surface area contributed by atoms with E-state index in [1.807, 2.05) is 0 Å². The van der Waals surface area contributed by atoms with E-state index in [-0.39, 0.29) is 5.54 Å². The Hall–Kier alpha value is -0.120. The molecule has 0 amide bonds. The van der Waals surface area contributed by atoms with Gasteiger partial charge in [-0.25, -0.2) is 0 Å². The lowest BCUT2D eigenvalue weighted by Crippen LogP contribution is -2.50. The monoisotopic (exact) mass is 240 g/mol. The lowest BCUT2D eigenvalue weighted by Gasteiger charge is -2.38. The van der Waals surface area contributed by atoms with Crippen LogP contribution in [0, 0.1) is 5.92 Å². The Balaban J connectivity index is 1.85. The van der Waals surface area contributed by atoms with Gasteiger partial charge in [0.1, 0.15) is 0 Å². The first-order chi connectivity index (χ1) is 8.02. The van der Waals surface area contributed by atoms with Crippen LogP contribution in [-0.4, -0.2) is 48.8 Å². The summed E-state index contributed by atoms with van der Waals surface area (Å²) in [5.74, 6) is 0.821. The van der Waals surface area contributed by atoms with Crippen molar-refractivity contribution in [2.75, 3.05) is 26.2 Å². The number of hydrogen-bond donors (Lipinski definition) is 1. The SMILES string of the molecule is CC(C)NCC1CCN(C2(C)CCOC2C)C1. The third-order valence-corrected chi connectivity index (χ3v) is 4.67. The quantitative estimate of drug-likeness (QED) is 0.812. The highest BCUT2D eigenvalue weighted by atomic mass is 16.5. The van der Waals surface area contributed by atoms with E-state index in [0.717, 1.165) is 12.5 Å². The molecule has 0 aromatic carbocycles. The van der Waals surface area contributed by atoms with E-state index in [1.165, 1.54) is 32.5 Å². The molecule has 3 heteroatoms. The van der Waals surface area contributed by atoms with E-state index in [2.05, 4.69) is 37.9 Å². The normalized spacial score (nSPS) is 39.4. The molecule has 2 saturated heterocycles. The van der Waals surface area contributed by atoms with Crippen molar-refractivity contribution < 1.29 is 4.74 Å². The molecule has 3 unspecified atom stereocenters. The first-order valence-corrected chi connectivity index (χ1v) is 7.12. The van der Waals surface area contributed by atoms with Crippen LogP contribution >= 0.6 is 0 Å². The van der Waals surface area contributed by atoms with Crippen LogP contribution in [0.3, 0.4) is 0 Å². The van der Waals surface area contributed by atoms with Gasteiger partial charge in [-0.3, -0.25) is 4.90 Å². The van der Waals surface area contributed by atoms with Gasteiger partial charge in [0, 0.05) is 24.7 Å². The molecule has 0 bridgehead atoms. The van der Waals surface area contributed by atoms with Crippen LogP contribution in [0.25, 0.3) is 0 Å². The van der Waals surface area contributed by atoms with Gasteiger partial charge < -0.3 is 10.1 Å². The molecule has 2 rings (SSSR count). The molecule has 17 heavy (non-hydrogen) atoms. The van der Waals surface area contributed by atoms with E-state index < -0.39 is 0 Å². The van der Waals surface area contributed by atoms with Crippen molar-refractivity contribution in [3.05, 3.63) is 0 Å². The minimum Gasteiger partial charge on any atom is -0.377 e. The van der Waals surface area contributed by atoms with Crippen molar-refractivity contribution >= 4 is 0 Å². The van der Waals surface area contributed by atoms with E-state index in [4.69, 9.17) is 4.74 Å². The van der Waals surface area contributed by atoms with Crippen molar-refractivity contribution in [1.29, 1.82) is 0 Å². The van der Waals surface area contributed by atoms with Gasteiger partial charge in [-0.2, -0.15) is 0 Å². The fraction of sp³-hybridized carbons (Fsp3) is 1.00. The Morgan fingerprint density at radius 1 is 1.47 bits per heavy atom. The average molecular weight is 240 g/mol. The minimum atomic E-state index is 0.284. The highest BCUT2D eigenvalue weighted by molar-refractivity contribution is 4.98. The molecule has 2 fully saturated rings. The summed E-state index contributed by atoms with van der Waals surface area (Å²) in [5, 5.41) is 3.56. The van der Waals surface area contributed by atoms with Gasteiger partial charge >= 0.3 is 0 Å². The minimum absolute atomic E-state index is 0.284. The first kappa shape index (κ1) is 13.3. The Bertz CT molecular complexity index is 257. The van der Waals surface area contributed by atoms with Gasteiger partial charge in [0.15, 0.2) is 0 Å². The topological polar surface area (TPSA) is 24.5 Å². The lowest BCUT2D eigenvalue weighted by molar-refractivity contribution is 0.0310. The van der Waals surface area contributed by atoms with Gasteiger partial charge in [0.2, 0.25) is 0 Å². The van der Waals surface area contributed by atoms with Gasteiger partial charge in [0.05, 0.1) is 6.10 Å². The van der Waals surface area contributed by atoms with E-state index in [9.17, 15) is 0 Å². The number of nitrogens with one attached hydrogen (secondary N) is 1. The molecule has 1 N–H and O–H groups in total. The lowest BCUT2D eigenvalue weighted by atomic mass is 9.92. The van der Waals surface area contributed by atoms with E-state index in [0.29, 0.717) is 12.1 Å². The standard InChI is InChI=1S/C14H28N2O/c1-11(2)15-9-13-5-7-16(10-13)14(4)6-8-17-12(14)3/h11-13,15H,5-10H2,1-4H3. The third-order valence-electron chi connectivity index (χ3n) is 4.67. The van der Waals surface area contributed by atoms with E-state index in [1.54, 1.807) is 0 Å². The highest BCUT2D eigenvalue weighted by Crippen LogP contribution is 2.35. The van der Waals surface area contributed by atoms with Crippen molar-refractivity contribution in [2.45, 2.75) is 58.2 Å². The highest BCUT2D eigenvalue weighted by Gasteiger charge is 2.44. The third kappa shape index (κ3) is 2.83. The predicted molar refractivity (Wildman–Crippen MR) is 71.3 cm³/mol. The van der Waals surface area contributed by atoms with Crippen LogP contribution in [0.2, 0.25) is 0 Å². The summed E-state index contributed by atoms with van der Waals surface area (Å²) in [6, 6.07) is 0.605. The zero-order chi connectivity index (χ0) is 12.5. The Labute approximate surface area is 106 Å². The van der Waals surface area contributed by atoms with E-state index >= 15 is 0 Å². The molecular weight excluding hydrogens is 212 g/mol. The molecule has 2 aliphatic rings. The number of hydrogen-bond acceptors (Lipinski definition) is 3. The summed E-state index contributed by atoms with van der Waals surface area (Å²) in [7, 11) is 0. The molecule has 0 aromatic heterocycles. The van der Waals surface area contributed by atoms with Gasteiger partial charge in [-0.05, 0) is 45.7 Å². The fourth-order valence-corrected chi connectivity index (χ4v) is 3.11. The summed E-state index contributed by atoms with van der Waals surface area (Å²) in [6.07, 6.45) is 2.92. The molecule has 2 heterocycles. The van der Waals surface area contributed by atoms with Crippen LogP contribution in [0.15, 0.2) is 0 Å². The van der Waals surface area contributed by atoms with Crippen molar-refractivity contribution in [1.82, 2.24) is 10.2 Å². The average Bonchev–Trinajstić information content (AvgIpc) is 2.85. The maximum Gasteiger partial charge on any atom is 0.0728 e.